The lowest BCUT2D eigenvalue weighted by molar-refractivity contribution is -0.0858. The molecule has 1 aromatic carbocycles. The molecule has 1 heterocycles. The minimum absolute atomic E-state index is 0.115. The number of rotatable bonds is 2. The molecule has 2 rings (SSSR count). The summed E-state index contributed by atoms with van der Waals surface area (Å²) < 4.78 is 18.4. The number of nitrogens with two attached hydrogens (primary N) is 1. The molecule has 0 aliphatic carbocycles. The largest absolute Gasteiger partial charge is 0.398 e. The molecule has 2 atom stereocenters. The molecule has 2 unspecified atom stereocenters. The number of hydrogen-bond acceptors (Lipinski definition) is 4. The van der Waals surface area contributed by atoms with E-state index in [1.807, 2.05) is 6.92 Å². The predicted octanol–water partition coefficient (Wildman–Crippen LogP) is 0.630. The number of amides is 1. The summed E-state index contributed by atoms with van der Waals surface area (Å²) in [6.07, 6.45) is -0.550. The average Bonchev–Trinajstić information content (AvgIpc) is 2.37. The van der Waals surface area contributed by atoms with Gasteiger partial charge in [0.2, 0.25) is 0 Å². The van der Waals surface area contributed by atoms with Crippen LogP contribution in [0.1, 0.15) is 17.3 Å². The molecule has 1 fully saturated rings. The minimum Gasteiger partial charge on any atom is -0.398 e. The molecule has 0 spiro atoms. The molecule has 0 radical (unpaired) electrons. The molecule has 0 saturated carbocycles. The summed E-state index contributed by atoms with van der Waals surface area (Å²) >= 11 is 0. The Kier molecular flexibility index (Phi) is 4.01. The molecule has 6 heteroatoms. The second-order valence-corrected chi connectivity index (χ2v) is 4.69. The Morgan fingerprint density at radius 1 is 1.58 bits per heavy atom. The van der Waals surface area contributed by atoms with Gasteiger partial charge in [0.25, 0.3) is 5.91 Å². The molecular formula is C13H17FN2O3. The van der Waals surface area contributed by atoms with Crippen molar-refractivity contribution < 1.29 is 19.0 Å². The molecular weight excluding hydrogens is 251 g/mol. The lowest BCUT2D eigenvalue weighted by Gasteiger charge is -2.36. The first-order valence-electron chi connectivity index (χ1n) is 6.12. The van der Waals surface area contributed by atoms with Crippen LogP contribution in [0, 0.1) is 5.82 Å². The van der Waals surface area contributed by atoms with Crippen LogP contribution in [0.2, 0.25) is 0 Å². The number of anilines is 1. The van der Waals surface area contributed by atoms with Crippen LogP contribution in [0.15, 0.2) is 18.2 Å². The molecule has 1 aliphatic rings. The average molecular weight is 268 g/mol. The first kappa shape index (κ1) is 13.8. The Balaban J connectivity index is 2.18. The van der Waals surface area contributed by atoms with Gasteiger partial charge in [-0.2, -0.15) is 0 Å². The van der Waals surface area contributed by atoms with Gasteiger partial charge in [-0.15, -0.1) is 0 Å². The molecule has 0 aromatic heterocycles. The lowest BCUT2D eigenvalue weighted by Crippen LogP contribution is -2.50. The van der Waals surface area contributed by atoms with Crippen molar-refractivity contribution in [3.05, 3.63) is 29.6 Å². The van der Waals surface area contributed by atoms with Crippen molar-refractivity contribution in [3.63, 3.8) is 0 Å². The Labute approximate surface area is 110 Å². The van der Waals surface area contributed by atoms with Crippen LogP contribution < -0.4 is 5.73 Å². The number of aliphatic hydroxyl groups is 1. The first-order valence-corrected chi connectivity index (χ1v) is 6.12. The highest BCUT2D eigenvalue weighted by atomic mass is 19.1. The van der Waals surface area contributed by atoms with E-state index >= 15 is 0 Å². The zero-order valence-corrected chi connectivity index (χ0v) is 10.7. The van der Waals surface area contributed by atoms with E-state index in [2.05, 4.69) is 0 Å². The van der Waals surface area contributed by atoms with Crippen molar-refractivity contribution in [2.45, 2.75) is 19.1 Å². The maximum absolute atomic E-state index is 13.0. The summed E-state index contributed by atoms with van der Waals surface area (Å²) in [6, 6.07) is 3.71. The zero-order chi connectivity index (χ0) is 14.0. The molecule has 0 bridgehead atoms. The topological polar surface area (TPSA) is 75.8 Å². The Hall–Kier alpha value is -1.66. The number of aliphatic hydroxyl groups excluding tert-OH is 1. The van der Waals surface area contributed by atoms with Crippen molar-refractivity contribution in [1.29, 1.82) is 0 Å². The molecule has 1 amide bonds. The summed E-state index contributed by atoms with van der Waals surface area (Å²) in [6.45, 7) is 2.41. The monoisotopic (exact) mass is 268 g/mol. The second-order valence-electron chi connectivity index (χ2n) is 4.69. The van der Waals surface area contributed by atoms with Gasteiger partial charge in [-0.1, -0.05) is 0 Å². The molecule has 104 valence electrons. The van der Waals surface area contributed by atoms with E-state index in [4.69, 9.17) is 15.6 Å². The van der Waals surface area contributed by atoms with Crippen molar-refractivity contribution in [1.82, 2.24) is 4.90 Å². The highest BCUT2D eigenvalue weighted by molar-refractivity contribution is 5.99. The van der Waals surface area contributed by atoms with Gasteiger partial charge in [0.15, 0.2) is 0 Å². The fraction of sp³-hybridized carbons (Fsp3) is 0.462. The molecule has 1 aromatic rings. The van der Waals surface area contributed by atoms with E-state index in [-0.39, 0.29) is 29.9 Å². The first-order chi connectivity index (χ1) is 9.01. The van der Waals surface area contributed by atoms with E-state index in [0.717, 1.165) is 6.07 Å². The summed E-state index contributed by atoms with van der Waals surface area (Å²) in [5.41, 5.74) is 6.05. The minimum atomic E-state index is -0.474. The highest BCUT2D eigenvalue weighted by Gasteiger charge is 2.29. The van der Waals surface area contributed by atoms with E-state index in [1.54, 1.807) is 4.90 Å². The Bertz CT molecular complexity index is 481. The van der Waals surface area contributed by atoms with Crippen LogP contribution >= 0.6 is 0 Å². The smallest absolute Gasteiger partial charge is 0.256 e. The summed E-state index contributed by atoms with van der Waals surface area (Å²) in [4.78, 5) is 13.9. The standard InChI is InChI=1S/C13H17FN2O3/c1-8-5-16(6-10(7-17)19-8)13(18)11-3-2-9(14)4-12(11)15/h2-4,8,10,17H,5-7,15H2,1H3. The van der Waals surface area contributed by atoms with Crippen molar-refractivity contribution in [2.24, 2.45) is 0 Å². The van der Waals surface area contributed by atoms with E-state index < -0.39 is 11.9 Å². The summed E-state index contributed by atoms with van der Waals surface area (Å²) in [7, 11) is 0. The van der Waals surface area contributed by atoms with Gasteiger partial charge in [0.1, 0.15) is 5.82 Å². The number of morpholine rings is 1. The predicted molar refractivity (Wildman–Crippen MR) is 68.1 cm³/mol. The van der Waals surface area contributed by atoms with Crippen molar-refractivity contribution >= 4 is 11.6 Å². The number of nitrogens with zero attached hydrogens (tertiary/aromatic N) is 1. The fourth-order valence-electron chi connectivity index (χ4n) is 2.21. The summed E-state index contributed by atoms with van der Waals surface area (Å²) in [5, 5.41) is 9.13. The van der Waals surface area contributed by atoms with E-state index in [0.29, 0.717) is 13.1 Å². The molecule has 3 N–H and O–H groups in total. The zero-order valence-electron chi connectivity index (χ0n) is 10.7. The Morgan fingerprint density at radius 2 is 2.32 bits per heavy atom. The van der Waals surface area contributed by atoms with E-state index in [1.165, 1.54) is 12.1 Å². The van der Waals surface area contributed by atoms with Gasteiger partial charge >= 0.3 is 0 Å². The van der Waals surface area contributed by atoms with Crippen molar-refractivity contribution in [2.75, 3.05) is 25.4 Å². The van der Waals surface area contributed by atoms with Gasteiger partial charge in [-0.25, -0.2) is 4.39 Å². The van der Waals surface area contributed by atoms with Gasteiger partial charge < -0.3 is 20.5 Å². The van der Waals surface area contributed by atoms with Gasteiger partial charge in [-0.05, 0) is 25.1 Å². The number of carbonyl (C=O) groups is 1. The molecule has 19 heavy (non-hydrogen) atoms. The lowest BCUT2D eigenvalue weighted by atomic mass is 10.1. The Morgan fingerprint density at radius 3 is 2.95 bits per heavy atom. The third kappa shape index (κ3) is 3.02. The van der Waals surface area contributed by atoms with Crippen LogP contribution in [0.5, 0.6) is 0 Å². The number of hydrogen-bond donors (Lipinski definition) is 2. The maximum atomic E-state index is 13.0. The van der Waals surface area contributed by atoms with Crippen molar-refractivity contribution in [3.8, 4) is 0 Å². The summed E-state index contributed by atoms with van der Waals surface area (Å²) in [5.74, 6) is -0.747. The molecule has 5 nitrogen and oxygen atoms in total. The van der Waals surface area contributed by atoms with Crippen LogP contribution in [0.3, 0.4) is 0 Å². The van der Waals surface area contributed by atoms with Crippen LogP contribution in [0.25, 0.3) is 0 Å². The van der Waals surface area contributed by atoms with Gasteiger partial charge in [0, 0.05) is 18.8 Å². The number of carbonyl (C=O) groups excluding carboxylic acids is 1. The fourth-order valence-corrected chi connectivity index (χ4v) is 2.21. The van der Waals surface area contributed by atoms with Gasteiger partial charge in [-0.3, -0.25) is 4.79 Å². The molecule has 1 saturated heterocycles. The number of halogens is 1. The number of ether oxygens (including phenoxy) is 1. The second kappa shape index (κ2) is 5.54. The van der Waals surface area contributed by atoms with E-state index in [9.17, 15) is 9.18 Å². The number of nitrogen functional groups attached to an aromatic ring is 1. The highest BCUT2D eigenvalue weighted by Crippen LogP contribution is 2.19. The van der Waals surface area contributed by atoms with Gasteiger partial charge in [0.05, 0.1) is 24.4 Å². The normalized spacial score (nSPS) is 23.4. The maximum Gasteiger partial charge on any atom is 0.256 e. The van der Waals surface area contributed by atoms with Crippen LogP contribution in [-0.2, 0) is 4.74 Å². The third-order valence-corrected chi connectivity index (χ3v) is 3.06. The van der Waals surface area contributed by atoms with Crippen LogP contribution in [-0.4, -0.2) is 47.8 Å². The third-order valence-electron chi connectivity index (χ3n) is 3.06. The van der Waals surface area contributed by atoms with Crippen LogP contribution in [0.4, 0.5) is 10.1 Å². The SMILES string of the molecule is CC1CN(C(=O)c2ccc(F)cc2N)CC(CO)O1. The molecule has 1 aliphatic heterocycles. The number of benzene rings is 1. The quantitative estimate of drug-likeness (QED) is 0.771.